The number of alkyl halides is 3. The summed E-state index contributed by atoms with van der Waals surface area (Å²) in [6.45, 7) is 63.6. The van der Waals surface area contributed by atoms with E-state index >= 15 is 0 Å². The molecular weight excluding hydrogens is 1940 g/mol. The third-order valence-electron chi connectivity index (χ3n) is 21.7. The largest absolute Gasteiger partial charge is 0.433 e. The minimum Gasteiger partial charge on any atom is -0.383 e. The lowest BCUT2D eigenvalue weighted by Gasteiger charge is -2.15. The summed E-state index contributed by atoms with van der Waals surface area (Å²) in [6, 6.07) is 13.3. The maximum Gasteiger partial charge on any atom is 0.433 e. The smallest absolute Gasteiger partial charge is 0.383 e. The van der Waals surface area contributed by atoms with E-state index in [1.165, 1.54) is 68.0 Å². The molecule has 0 bridgehead atoms. The van der Waals surface area contributed by atoms with E-state index in [-0.39, 0.29) is 11.7 Å². The van der Waals surface area contributed by atoms with E-state index in [2.05, 4.69) is 259 Å². The molecule has 0 aliphatic carbocycles. The van der Waals surface area contributed by atoms with Crippen LogP contribution in [0.5, 0.6) is 0 Å². The highest BCUT2D eigenvalue weighted by molar-refractivity contribution is 8.00. The number of hydrogen-bond donors (Lipinski definition) is 7. The molecule has 14 aromatic rings. The lowest BCUT2D eigenvalue weighted by molar-refractivity contribution is -0.141. The third kappa shape index (κ3) is 33.8. The molecule has 1 aliphatic heterocycles. The molecule has 14 aromatic heterocycles. The van der Waals surface area contributed by atoms with Crippen LogP contribution in [0.25, 0.3) is 23.3 Å². The van der Waals surface area contributed by atoms with Crippen LogP contribution in [0.15, 0.2) is 225 Å². The van der Waals surface area contributed by atoms with E-state index in [0.717, 1.165) is 114 Å². The van der Waals surface area contributed by atoms with Crippen molar-refractivity contribution in [3.05, 3.63) is 297 Å². The Bertz CT molecular complexity index is 6770. The second-order valence-corrected chi connectivity index (χ2v) is 41.6. The van der Waals surface area contributed by atoms with E-state index in [1.807, 2.05) is 132 Å². The minimum absolute atomic E-state index is 0.0323. The van der Waals surface area contributed by atoms with Gasteiger partial charge in [0.25, 0.3) is 0 Å². The Morgan fingerprint density at radius 1 is 0.301 bits per heavy atom. The first kappa shape index (κ1) is 115. The normalized spacial score (nSPS) is 11.5. The first-order valence-electron chi connectivity index (χ1n) is 46.9. The van der Waals surface area contributed by atoms with E-state index in [0.29, 0.717) is 140 Å². The SMILES string of the molecule is C=C(C)c1cc(Cc2cnc(C)nc2N)c(C(C)C)cn1.C=C(C)c1cc(Sc2cnc(C)nc2N)c(C(C)C)cn1.C=Cc1cc(Cc2cnc(C)nc2N)c(C(C)C)cn1.C=Cc1cc(Sc2cnc(C)nc2N)c(C(C)C)cn1.Cc1cc(Sc2cnc(C)nc2N)c(C(C)C)cn1.Cc1ncc(Sc2cc(C(F)(F)F)ncc2C(C)C)c(N)n1.Cc1ncc(Sc2cc(C3N=NN=N3)ncc2C(C)C)c(N)n1. The Morgan fingerprint density at radius 3 is 0.911 bits per heavy atom. The first-order chi connectivity index (χ1) is 69.0. The van der Waals surface area contributed by atoms with Gasteiger partial charge in [-0.05, 0) is 237 Å². The lowest BCUT2D eigenvalue weighted by atomic mass is 9.94. The predicted molar refractivity (Wildman–Crippen MR) is 585 cm³/mol. The molecule has 14 N–H and O–H groups in total. The van der Waals surface area contributed by atoms with Gasteiger partial charge in [-0.1, -0.05) is 182 Å². The van der Waals surface area contributed by atoms with Crippen molar-refractivity contribution in [2.45, 2.75) is 282 Å². The Morgan fingerprint density at radius 2 is 0.575 bits per heavy atom. The van der Waals surface area contributed by atoms with Gasteiger partial charge in [0.15, 0.2) is 0 Å². The molecule has 0 atom stereocenters. The standard InChI is InChI=1S/C17H22N4.C16H20N4S.C16H20N4.C15H18N4S.C14H15F3N4S.C14H16N8S.C14H18N4S/c1-10(2)15-9-20-16(11(3)4)7-13(15)6-14-8-19-12(5)21-17(14)18;1-9(2)12-7-19-13(10(3)4)6-14(12)21-15-8-18-11(5)20-16(15)17;1-5-14-7-12(15(9-19-14)10(2)3)6-13-8-18-11(4)20-16(13)17;1-5-11-6-13(12(7-18-11)9(2)3)20-14-8-17-10(4)19-15(14)16;1-7(2)9-5-20-12(14(15,16)17)4-10(9)22-11-6-19-8(3)21-13(11)18;1-7(2)9-5-17-10(14-19-21-22-20-14)4-11(9)23-12-6-16-8(3)18-13(12)15;1-8(2)11-6-16-9(3)5-12(11)19-13-7-17-10(4)18-14(13)15/h7-10H,3,6H2,1-2,4-5H3,(H2,18,19,21);6-9H,3H2,1-2,4-5H3,(H2,17,18,20);5,7-10H,1,6H2,2-4H3,(H2,17,18,20);5-9H,1H2,2-4H3,(H2,16,17,19);4-7H,1-3H3,(H2,18,19,21);4-7,14H,1-3H3,(H2,15,16,18);5-8H,1-4H3,(H2,15,17,18). The van der Waals surface area contributed by atoms with Gasteiger partial charge in [0, 0.05) is 141 Å². The number of pyridine rings is 7. The minimum atomic E-state index is -4.49. The number of halogens is 3. The van der Waals surface area contributed by atoms with Gasteiger partial charge >= 0.3 is 6.18 Å². The zero-order chi connectivity index (χ0) is 107. The van der Waals surface area contributed by atoms with E-state index in [9.17, 15) is 13.2 Å². The molecule has 0 fully saturated rings. The Balaban J connectivity index is 0.000000190. The predicted octanol–water partition coefficient (Wildman–Crippen LogP) is 25.6. The summed E-state index contributed by atoms with van der Waals surface area (Å²) in [5.74, 6) is 10.3. The number of hydrogen-bond acceptors (Lipinski definition) is 37. The molecule has 1 aliphatic rings. The highest BCUT2D eigenvalue weighted by atomic mass is 32.2. The van der Waals surface area contributed by atoms with Gasteiger partial charge in [-0.15, -0.1) is 10.2 Å². The van der Waals surface area contributed by atoms with Gasteiger partial charge in [0.2, 0.25) is 6.17 Å². The number of nitrogens with two attached hydrogens (primary N) is 7. The molecule has 0 saturated heterocycles. The molecule has 0 radical (unpaired) electrons. The van der Waals surface area contributed by atoms with Gasteiger partial charge in [0.1, 0.15) is 87.2 Å². The summed E-state index contributed by atoms with van der Waals surface area (Å²) >= 11 is 7.38. The zero-order valence-electron chi connectivity index (χ0n) is 87.0. The number of rotatable bonds is 26. The number of nitrogen functional groups attached to an aromatic ring is 7. The fourth-order valence-corrected chi connectivity index (χ4v) is 19.1. The summed E-state index contributed by atoms with van der Waals surface area (Å²) in [5.41, 5.74) is 60.1. The van der Waals surface area contributed by atoms with Crippen LogP contribution < -0.4 is 40.1 Å². The van der Waals surface area contributed by atoms with Crippen molar-refractivity contribution in [3.63, 3.8) is 0 Å². The van der Waals surface area contributed by atoms with Crippen molar-refractivity contribution < 1.29 is 13.2 Å². The molecular formula is C106H129F3N32S5. The summed E-state index contributed by atoms with van der Waals surface area (Å²) in [7, 11) is 0. The van der Waals surface area contributed by atoms with Crippen LogP contribution in [0, 0.1) is 55.4 Å². The second-order valence-electron chi connectivity index (χ2n) is 36.1. The highest BCUT2D eigenvalue weighted by Gasteiger charge is 2.34. The number of aromatic nitrogens is 21. The monoisotopic (exact) mass is 2070 g/mol. The van der Waals surface area contributed by atoms with E-state index in [1.54, 1.807) is 85.3 Å². The van der Waals surface area contributed by atoms with Gasteiger partial charge in [0.05, 0.1) is 52.9 Å². The molecule has 0 aromatic carbocycles. The second kappa shape index (κ2) is 53.7. The molecule has 40 heteroatoms. The fraction of sp³-hybridized carbons (Fsp3) is 0.330. The van der Waals surface area contributed by atoms with Crippen molar-refractivity contribution in [2.75, 3.05) is 40.1 Å². The van der Waals surface area contributed by atoms with Crippen molar-refractivity contribution in [1.29, 1.82) is 0 Å². The van der Waals surface area contributed by atoms with Crippen LogP contribution in [0.2, 0.25) is 0 Å². The summed E-state index contributed by atoms with van der Waals surface area (Å²) in [5, 5.41) is 14.9. The maximum absolute atomic E-state index is 12.9. The van der Waals surface area contributed by atoms with Crippen LogP contribution in [0.3, 0.4) is 0 Å². The molecule has 0 unspecified atom stereocenters. The molecule has 0 amide bonds. The number of aryl methyl sites for hydroxylation is 8. The molecule has 15 heterocycles. The topological polar surface area (TPSA) is 502 Å². The molecule has 0 saturated carbocycles. The van der Waals surface area contributed by atoms with Crippen LogP contribution in [-0.2, 0) is 19.0 Å². The lowest BCUT2D eigenvalue weighted by Crippen LogP contribution is -2.09. The maximum atomic E-state index is 12.9. The average Bonchev–Trinajstić information content (AvgIpc) is 1.21. The fourth-order valence-electron chi connectivity index (χ4n) is 13.7. The molecule has 32 nitrogen and oxygen atoms in total. The summed E-state index contributed by atoms with van der Waals surface area (Å²) in [6.07, 6.45) is 24.9. The van der Waals surface area contributed by atoms with Crippen LogP contribution in [0.1, 0.15) is 300 Å². The van der Waals surface area contributed by atoms with Crippen LogP contribution >= 0.6 is 58.8 Å². The van der Waals surface area contributed by atoms with Crippen molar-refractivity contribution in [2.24, 2.45) is 20.7 Å². The third-order valence-corrected chi connectivity index (χ3v) is 27.2. The summed E-state index contributed by atoms with van der Waals surface area (Å²) in [4.78, 5) is 97.5. The van der Waals surface area contributed by atoms with E-state index in [4.69, 9.17) is 40.1 Å². The van der Waals surface area contributed by atoms with Crippen LogP contribution in [0.4, 0.5) is 53.9 Å². The number of allylic oxidation sites excluding steroid dienone is 2. The van der Waals surface area contributed by atoms with Crippen LogP contribution in [-0.4, -0.2) is 105 Å². The summed E-state index contributed by atoms with van der Waals surface area (Å²) < 4.78 is 38.6. The Kier molecular flexibility index (Phi) is 42.4. The highest BCUT2D eigenvalue weighted by Crippen LogP contribution is 2.44. The molecule has 764 valence electrons. The van der Waals surface area contributed by atoms with Gasteiger partial charge < -0.3 is 40.1 Å². The first-order valence-corrected chi connectivity index (χ1v) is 50.9. The van der Waals surface area contributed by atoms with Crippen molar-refractivity contribution in [1.82, 2.24) is 105 Å². The molecule has 0 spiro atoms. The Labute approximate surface area is 874 Å². The quantitative estimate of drug-likeness (QED) is 0.0265. The van der Waals surface area contributed by atoms with E-state index < -0.39 is 18.0 Å². The van der Waals surface area contributed by atoms with Crippen molar-refractivity contribution in [3.8, 4) is 0 Å². The zero-order valence-corrected chi connectivity index (χ0v) is 91.1. The number of anilines is 7. The number of nitrogens with zero attached hydrogens (tertiary/aromatic N) is 25. The molecule has 15 rings (SSSR count). The van der Waals surface area contributed by atoms with Gasteiger partial charge in [-0.3, -0.25) is 34.9 Å². The molecule has 146 heavy (non-hydrogen) atoms. The van der Waals surface area contributed by atoms with Gasteiger partial charge in [-0.2, -0.15) is 13.2 Å². The van der Waals surface area contributed by atoms with Crippen molar-refractivity contribution >= 4 is 123 Å². The van der Waals surface area contributed by atoms with Gasteiger partial charge in [-0.25, -0.2) is 69.8 Å². The average molecular weight is 2070 g/mol. The Hall–Kier alpha value is -14.1.